The second-order valence-corrected chi connectivity index (χ2v) is 4.16. The fourth-order valence-corrected chi connectivity index (χ4v) is 1.73. The van der Waals surface area contributed by atoms with Crippen molar-refractivity contribution in [2.75, 3.05) is 5.73 Å². The summed E-state index contributed by atoms with van der Waals surface area (Å²) in [6.07, 6.45) is 0. The molecule has 2 aromatic rings. The molecule has 0 aliphatic rings. The van der Waals surface area contributed by atoms with Gasteiger partial charge in [0.1, 0.15) is 24.0 Å². The minimum absolute atomic E-state index is 0.104. The molecular formula is C13H10ClF2NO. The van der Waals surface area contributed by atoms with Crippen molar-refractivity contribution < 1.29 is 13.5 Å². The molecule has 0 saturated heterocycles. The van der Waals surface area contributed by atoms with Gasteiger partial charge in [0.2, 0.25) is 0 Å². The van der Waals surface area contributed by atoms with Gasteiger partial charge in [0.15, 0.2) is 0 Å². The van der Waals surface area contributed by atoms with Crippen molar-refractivity contribution in [1.82, 2.24) is 0 Å². The van der Waals surface area contributed by atoms with Gasteiger partial charge >= 0.3 is 0 Å². The number of nitrogen functional groups attached to an aromatic ring is 1. The summed E-state index contributed by atoms with van der Waals surface area (Å²) in [4.78, 5) is 0. The van der Waals surface area contributed by atoms with Crippen molar-refractivity contribution in [2.24, 2.45) is 0 Å². The van der Waals surface area contributed by atoms with E-state index >= 15 is 0 Å². The van der Waals surface area contributed by atoms with Crippen LogP contribution in [-0.2, 0) is 6.61 Å². The van der Waals surface area contributed by atoms with Crippen molar-refractivity contribution in [3.8, 4) is 5.75 Å². The number of halogens is 3. The summed E-state index contributed by atoms with van der Waals surface area (Å²) < 4.78 is 31.3. The summed E-state index contributed by atoms with van der Waals surface area (Å²) >= 11 is 5.79. The predicted octanol–water partition coefficient (Wildman–Crippen LogP) is 3.78. The van der Waals surface area contributed by atoms with Crippen molar-refractivity contribution in [3.63, 3.8) is 0 Å². The minimum Gasteiger partial charge on any atom is -0.487 e. The third-order valence-electron chi connectivity index (χ3n) is 2.27. The van der Waals surface area contributed by atoms with Gasteiger partial charge in [-0.2, -0.15) is 0 Å². The third-order valence-corrected chi connectivity index (χ3v) is 2.56. The lowest BCUT2D eigenvalue weighted by Gasteiger charge is -2.08. The van der Waals surface area contributed by atoms with Crippen LogP contribution in [0.3, 0.4) is 0 Å². The highest BCUT2D eigenvalue weighted by molar-refractivity contribution is 6.32. The fourth-order valence-electron chi connectivity index (χ4n) is 1.51. The van der Waals surface area contributed by atoms with Crippen LogP contribution in [0.5, 0.6) is 5.75 Å². The quantitative estimate of drug-likeness (QED) is 0.861. The molecule has 18 heavy (non-hydrogen) atoms. The van der Waals surface area contributed by atoms with Gasteiger partial charge in [-0.05, 0) is 42.0 Å². The molecule has 0 radical (unpaired) electrons. The lowest BCUT2D eigenvalue weighted by molar-refractivity contribution is 0.305. The Balaban J connectivity index is 2.11. The van der Waals surface area contributed by atoms with Crippen molar-refractivity contribution in [1.29, 1.82) is 0 Å². The average Bonchev–Trinajstić information content (AvgIpc) is 2.26. The summed E-state index contributed by atoms with van der Waals surface area (Å²) in [5.74, 6) is -0.540. The zero-order valence-corrected chi connectivity index (χ0v) is 10.0. The van der Waals surface area contributed by atoms with Crippen LogP contribution in [0.1, 0.15) is 5.56 Å². The van der Waals surface area contributed by atoms with Crippen LogP contribution in [0.2, 0.25) is 5.02 Å². The van der Waals surface area contributed by atoms with E-state index in [1.54, 1.807) is 6.07 Å². The number of hydrogen-bond acceptors (Lipinski definition) is 2. The van der Waals surface area contributed by atoms with E-state index in [1.807, 2.05) is 0 Å². The minimum atomic E-state index is -0.442. The topological polar surface area (TPSA) is 35.2 Å². The van der Waals surface area contributed by atoms with Crippen LogP contribution in [-0.4, -0.2) is 0 Å². The van der Waals surface area contributed by atoms with Gasteiger partial charge in [0.25, 0.3) is 0 Å². The summed E-state index contributed by atoms with van der Waals surface area (Å²) in [5.41, 5.74) is 6.40. The van der Waals surface area contributed by atoms with E-state index < -0.39 is 11.6 Å². The first-order valence-electron chi connectivity index (χ1n) is 5.17. The van der Waals surface area contributed by atoms with Crippen LogP contribution < -0.4 is 10.5 Å². The standard InChI is InChI=1S/C13H10ClF2NO/c14-12-6-9(15)1-2-13(12)18-7-8-3-10(16)5-11(17)4-8/h1-6H,7,17H2. The third kappa shape index (κ3) is 3.11. The van der Waals surface area contributed by atoms with Gasteiger partial charge in [-0.1, -0.05) is 11.6 Å². The maximum Gasteiger partial charge on any atom is 0.138 e. The molecule has 5 heteroatoms. The zero-order valence-electron chi connectivity index (χ0n) is 9.29. The first-order chi connectivity index (χ1) is 8.54. The van der Waals surface area contributed by atoms with E-state index in [0.717, 1.165) is 6.07 Å². The number of benzene rings is 2. The first kappa shape index (κ1) is 12.6. The second-order valence-electron chi connectivity index (χ2n) is 3.76. The second kappa shape index (κ2) is 5.23. The van der Waals surface area contributed by atoms with E-state index in [0.29, 0.717) is 17.0 Å². The highest BCUT2D eigenvalue weighted by Crippen LogP contribution is 2.26. The lowest BCUT2D eigenvalue weighted by atomic mass is 10.2. The molecule has 0 heterocycles. The Kier molecular flexibility index (Phi) is 3.67. The van der Waals surface area contributed by atoms with Crippen LogP contribution in [0.15, 0.2) is 36.4 Å². The molecule has 0 aliphatic carbocycles. The molecule has 2 N–H and O–H groups in total. The van der Waals surface area contributed by atoms with Crippen LogP contribution >= 0.6 is 11.6 Å². The number of ether oxygens (including phenoxy) is 1. The van der Waals surface area contributed by atoms with E-state index in [9.17, 15) is 8.78 Å². The maximum atomic E-state index is 13.1. The summed E-state index contributed by atoms with van der Waals surface area (Å²) in [6, 6.07) is 7.93. The fraction of sp³-hybridized carbons (Fsp3) is 0.0769. The Morgan fingerprint density at radius 1 is 1.06 bits per heavy atom. The smallest absolute Gasteiger partial charge is 0.138 e. The van der Waals surface area contributed by atoms with Gasteiger partial charge in [-0.3, -0.25) is 0 Å². The van der Waals surface area contributed by atoms with E-state index in [1.165, 1.54) is 24.3 Å². The largest absolute Gasteiger partial charge is 0.487 e. The number of hydrogen-bond donors (Lipinski definition) is 1. The highest BCUT2D eigenvalue weighted by Gasteiger charge is 2.04. The van der Waals surface area contributed by atoms with Gasteiger partial charge in [-0.25, -0.2) is 8.78 Å². The van der Waals surface area contributed by atoms with Crippen LogP contribution in [0.4, 0.5) is 14.5 Å². The molecule has 0 atom stereocenters. The normalized spacial score (nSPS) is 10.4. The summed E-state index contributed by atoms with van der Waals surface area (Å²) in [7, 11) is 0. The number of nitrogens with two attached hydrogens (primary N) is 1. The highest BCUT2D eigenvalue weighted by atomic mass is 35.5. The molecule has 0 amide bonds. The molecule has 0 unspecified atom stereocenters. The number of rotatable bonds is 3. The van der Waals surface area contributed by atoms with Gasteiger partial charge in [-0.15, -0.1) is 0 Å². The lowest BCUT2D eigenvalue weighted by Crippen LogP contribution is -1.98. The molecular weight excluding hydrogens is 260 g/mol. The van der Waals surface area contributed by atoms with Crippen LogP contribution in [0, 0.1) is 11.6 Å². The molecule has 2 aromatic carbocycles. The van der Waals surface area contributed by atoms with Gasteiger partial charge in [0, 0.05) is 5.69 Å². The van der Waals surface area contributed by atoms with Gasteiger partial charge < -0.3 is 10.5 Å². The van der Waals surface area contributed by atoms with Crippen molar-refractivity contribution in [2.45, 2.75) is 6.61 Å². The Hall–Kier alpha value is -1.81. The number of anilines is 1. The molecule has 0 aliphatic heterocycles. The Morgan fingerprint density at radius 2 is 1.83 bits per heavy atom. The molecule has 2 nitrogen and oxygen atoms in total. The van der Waals surface area contributed by atoms with E-state index in [-0.39, 0.29) is 11.6 Å². The molecule has 0 bridgehead atoms. The molecule has 0 spiro atoms. The predicted molar refractivity (Wildman–Crippen MR) is 66.6 cm³/mol. The van der Waals surface area contributed by atoms with Crippen LogP contribution in [0.25, 0.3) is 0 Å². The zero-order chi connectivity index (χ0) is 13.1. The first-order valence-corrected chi connectivity index (χ1v) is 5.55. The van der Waals surface area contributed by atoms with E-state index in [2.05, 4.69) is 0 Å². The Morgan fingerprint density at radius 3 is 2.50 bits per heavy atom. The van der Waals surface area contributed by atoms with E-state index in [4.69, 9.17) is 22.1 Å². The molecule has 0 fully saturated rings. The molecule has 2 rings (SSSR count). The Bertz CT molecular complexity index is 555. The van der Waals surface area contributed by atoms with Crippen molar-refractivity contribution in [3.05, 3.63) is 58.6 Å². The SMILES string of the molecule is Nc1cc(F)cc(COc2ccc(F)cc2Cl)c1. The molecule has 0 saturated carbocycles. The van der Waals surface area contributed by atoms with Crippen molar-refractivity contribution >= 4 is 17.3 Å². The monoisotopic (exact) mass is 269 g/mol. The molecule has 94 valence electrons. The van der Waals surface area contributed by atoms with Gasteiger partial charge in [0.05, 0.1) is 5.02 Å². The summed E-state index contributed by atoms with van der Waals surface area (Å²) in [5, 5.41) is 0.166. The summed E-state index contributed by atoms with van der Waals surface area (Å²) in [6.45, 7) is 0.104. The maximum absolute atomic E-state index is 13.1. The average molecular weight is 270 g/mol. The Labute approximate surface area is 108 Å². The molecule has 0 aromatic heterocycles.